The smallest absolute Gasteiger partial charge is 0.0571 e. The van der Waals surface area contributed by atoms with E-state index in [0.717, 1.165) is 51.4 Å². The van der Waals surface area contributed by atoms with Crippen LogP contribution in [0.2, 0.25) is 0 Å². The zero-order chi connectivity index (χ0) is 17.2. The van der Waals surface area contributed by atoms with Crippen LogP contribution in [0.3, 0.4) is 0 Å². The molecule has 1 aromatic carbocycles. The van der Waals surface area contributed by atoms with Gasteiger partial charge in [0.2, 0.25) is 0 Å². The van der Waals surface area contributed by atoms with Gasteiger partial charge in [-0.25, -0.2) is 0 Å². The third-order valence-corrected chi connectivity index (χ3v) is 5.44. The second-order valence-corrected chi connectivity index (χ2v) is 7.32. The predicted molar refractivity (Wildman–Crippen MR) is 101 cm³/mol. The van der Waals surface area contributed by atoms with E-state index in [2.05, 4.69) is 31.2 Å². The molecule has 1 fully saturated rings. The molecule has 2 N–H and O–H groups in total. The van der Waals surface area contributed by atoms with Crippen LogP contribution in [-0.4, -0.2) is 22.4 Å². The molecule has 1 aromatic rings. The van der Waals surface area contributed by atoms with E-state index in [4.69, 9.17) is 0 Å². The Bertz CT molecular complexity index is 468. The van der Waals surface area contributed by atoms with Crippen LogP contribution in [0.4, 0.5) is 0 Å². The quantitative estimate of drug-likeness (QED) is 0.599. The van der Waals surface area contributed by atoms with Crippen molar-refractivity contribution >= 4 is 0 Å². The highest BCUT2D eigenvalue weighted by molar-refractivity contribution is 5.14. The first-order valence-corrected chi connectivity index (χ1v) is 9.75. The third kappa shape index (κ3) is 6.41. The molecule has 0 amide bonds. The topological polar surface area (TPSA) is 40.5 Å². The van der Waals surface area contributed by atoms with Crippen molar-refractivity contribution in [3.05, 3.63) is 48.0 Å². The fraction of sp³-hybridized carbons (Fsp3) is 0.636. The lowest BCUT2D eigenvalue weighted by molar-refractivity contribution is 0.0889. The SMILES string of the molecule is CCC/C=C/C[C@H]1CC[C@@H](O)[C@@H]1CC[C@@H](O)CCc1ccccc1. The van der Waals surface area contributed by atoms with Crippen molar-refractivity contribution in [3.63, 3.8) is 0 Å². The Kier molecular flexibility index (Phi) is 8.55. The summed E-state index contributed by atoms with van der Waals surface area (Å²) in [6, 6.07) is 10.4. The van der Waals surface area contributed by atoms with Crippen molar-refractivity contribution in [1.29, 1.82) is 0 Å². The molecule has 0 unspecified atom stereocenters. The fourth-order valence-corrected chi connectivity index (χ4v) is 3.91. The van der Waals surface area contributed by atoms with Crippen LogP contribution in [-0.2, 0) is 6.42 Å². The highest BCUT2D eigenvalue weighted by Gasteiger charge is 2.33. The monoisotopic (exact) mass is 330 g/mol. The van der Waals surface area contributed by atoms with E-state index < -0.39 is 0 Å². The van der Waals surface area contributed by atoms with E-state index >= 15 is 0 Å². The van der Waals surface area contributed by atoms with E-state index in [1.54, 1.807) is 0 Å². The number of aryl methyl sites for hydroxylation is 1. The highest BCUT2D eigenvalue weighted by Crippen LogP contribution is 2.38. The van der Waals surface area contributed by atoms with E-state index in [1.807, 2.05) is 18.2 Å². The van der Waals surface area contributed by atoms with Gasteiger partial charge in [-0.1, -0.05) is 55.8 Å². The van der Waals surface area contributed by atoms with Gasteiger partial charge in [0.05, 0.1) is 12.2 Å². The molecule has 1 aliphatic carbocycles. The maximum atomic E-state index is 10.3. The number of aliphatic hydroxyl groups excluding tert-OH is 2. The summed E-state index contributed by atoms with van der Waals surface area (Å²) in [4.78, 5) is 0. The van der Waals surface area contributed by atoms with Crippen LogP contribution in [0, 0.1) is 11.8 Å². The van der Waals surface area contributed by atoms with Crippen molar-refractivity contribution in [2.75, 3.05) is 0 Å². The summed E-state index contributed by atoms with van der Waals surface area (Å²) in [6.45, 7) is 2.20. The molecule has 0 spiro atoms. The molecule has 1 saturated carbocycles. The molecule has 2 rings (SSSR count). The van der Waals surface area contributed by atoms with Gasteiger partial charge in [0, 0.05) is 0 Å². The van der Waals surface area contributed by atoms with E-state index in [-0.39, 0.29) is 12.2 Å². The Morgan fingerprint density at radius 3 is 2.67 bits per heavy atom. The summed E-state index contributed by atoms with van der Waals surface area (Å²) in [6.07, 6.45) is 13.1. The molecule has 134 valence electrons. The van der Waals surface area contributed by atoms with Crippen LogP contribution in [0.25, 0.3) is 0 Å². The average Bonchev–Trinajstić information content (AvgIpc) is 2.96. The van der Waals surface area contributed by atoms with Crippen LogP contribution in [0.15, 0.2) is 42.5 Å². The zero-order valence-corrected chi connectivity index (χ0v) is 15.1. The Labute approximate surface area is 147 Å². The molecule has 0 aromatic heterocycles. The number of hydrogen-bond acceptors (Lipinski definition) is 2. The Hall–Kier alpha value is -1.12. The summed E-state index contributed by atoms with van der Waals surface area (Å²) in [5.41, 5.74) is 1.29. The third-order valence-electron chi connectivity index (χ3n) is 5.44. The van der Waals surface area contributed by atoms with Crippen LogP contribution < -0.4 is 0 Å². The van der Waals surface area contributed by atoms with Gasteiger partial charge in [0.25, 0.3) is 0 Å². The predicted octanol–water partition coefficient (Wildman–Crippen LogP) is 4.89. The number of rotatable bonds is 10. The number of allylic oxidation sites excluding steroid dienone is 2. The van der Waals surface area contributed by atoms with Crippen molar-refractivity contribution < 1.29 is 10.2 Å². The molecule has 2 heteroatoms. The van der Waals surface area contributed by atoms with E-state index in [9.17, 15) is 10.2 Å². The number of unbranched alkanes of at least 4 members (excludes halogenated alkanes) is 1. The number of benzene rings is 1. The summed E-state index contributed by atoms with van der Waals surface area (Å²) >= 11 is 0. The minimum absolute atomic E-state index is 0.170. The van der Waals surface area contributed by atoms with Crippen LogP contribution in [0.1, 0.15) is 63.9 Å². The lowest BCUT2D eigenvalue weighted by Gasteiger charge is -2.22. The largest absolute Gasteiger partial charge is 0.393 e. The Morgan fingerprint density at radius 1 is 1.12 bits per heavy atom. The minimum Gasteiger partial charge on any atom is -0.393 e. The van der Waals surface area contributed by atoms with Gasteiger partial charge in [-0.2, -0.15) is 0 Å². The lowest BCUT2D eigenvalue weighted by Crippen LogP contribution is -2.21. The molecule has 0 aliphatic heterocycles. The molecule has 0 saturated heterocycles. The van der Waals surface area contributed by atoms with Crippen molar-refractivity contribution in [1.82, 2.24) is 0 Å². The van der Waals surface area contributed by atoms with Gasteiger partial charge in [0.1, 0.15) is 0 Å². The average molecular weight is 331 g/mol. The first kappa shape index (κ1) is 19.2. The molecule has 0 bridgehead atoms. The highest BCUT2D eigenvalue weighted by atomic mass is 16.3. The number of aliphatic hydroxyl groups is 2. The van der Waals surface area contributed by atoms with Crippen molar-refractivity contribution in [3.8, 4) is 0 Å². The fourth-order valence-electron chi connectivity index (χ4n) is 3.91. The summed E-state index contributed by atoms with van der Waals surface area (Å²) in [5.74, 6) is 0.956. The first-order valence-electron chi connectivity index (χ1n) is 9.75. The molecule has 2 nitrogen and oxygen atoms in total. The van der Waals surface area contributed by atoms with Gasteiger partial charge < -0.3 is 10.2 Å². The maximum Gasteiger partial charge on any atom is 0.0571 e. The molecule has 0 radical (unpaired) electrons. The van der Waals surface area contributed by atoms with E-state index in [0.29, 0.717) is 11.8 Å². The molecular formula is C22H34O2. The molecule has 1 aliphatic rings. The standard InChI is InChI=1S/C22H34O2/c1-2-3-4-8-11-19-13-17-22(24)21(19)16-15-20(23)14-12-18-9-6-5-7-10-18/h4-10,19-24H,2-3,11-17H2,1H3/b8-4+/t19-,20-,21+,22+/m0/s1. The second kappa shape index (κ2) is 10.7. The Morgan fingerprint density at radius 2 is 1.92 bits per heavy atom. The Balaban J connectivity index is 1.71. The molecule has 24 heavy (non-hydrogen) atoms. The number of hydrogen-bond donors (Lipinski definition) is 2. The zero-order valence-electron chi connectivity index (χ0n) is 15.1. The summed E-state index contributed by atoms with van der Waals surface area (Å²) in [7, 11) is 0. The maximum absolute atomic E-state index is 10.3. The normalized spacial score (nSPS) is 25.4. The van der Waals surface area contributed by atoms with Crippen molar-refractivity contribution in [2.24, 2.45) is 11.8 Å². The molecular weight excluding hydrogens is 296 g/mol. The van der Waals surface area contributed by atoms with Crippen molar-refractivity contribution in [2.45, 2.75) is 76.9 Å². The van der Waals surface area contributed by atoms with Gasteiger partial charge in [-0.3, -0.25) is 0 Å². The van der Waals surface area contributed by atoms with Gasteiger partial charge in [-0.05, 0) is 68.8 Å². The first-order chi connectivity index (χ1) is 11.7. The second-order valence-electron chi connectivity index (χ2n) is 7.32. The van der Waals surface area contributed by atoms with Gasteiger partial charge >= 0.3 is 0 Å². The van der Waals surface area contributed by atoms with E-state index in [1.165, 1.54) is 12.0 Å². The van der Waals surface area contributed by atoms with Crippen LogP contribution in [0.5, 0.6) is 0 Å². The summed E-state index contributed by atoms with van der Waals surface area (Å²) in [5, 5.41) is 20.6. The van der Waals surface area contributed by atoms with Gasteiger partial charge in [0.15, 0.2) is 0 Å². The minimum atomic E-state index is -0.255. The molecule has 4 atom stereocenters. The lowest BCUT2D eigenvalue weighted by atomic mass is 9.86. The van der Waals surface area contributed by atoms with Gasteiger partial charge in [-0.15, -0.1) is 0 Å². The van der Waals surface area contributed by atoms with Crippen LogP contribution >= 0.6 is 0 Å². The molecule has 0 heterocycles. The summed E-state index contributed by atoms with van der Waals surface area (Å²) < 4.78 is 0.